The molecule has 0 aliphatic carbocycles. The van der Waals surface area contributed by atoms with Gasteiger partial charge in [-0.3, -0.25) is 0 Å². The van der Waals surface area contributed by atoms with Crippen LogP contribution in [0.15, 0.2) is 18.2 Å². The van der Waals surface area contributed by atoms with Crippen molar-refractivity contribution in [2.45, 2.75) is 18.6 Å². The first-order valence-corrected chi connectivity index (χ1v) is 4.83. The van der Waals surface area contributed by atoms with Crippen molar-refractivity contribution >= 4 is 11.7 Å². The highest BCUT2D eigenvalue weighted by Gasteiger charge is 2.25. The minimum absolute atomic E-state index is 0.0642. The first-order valence-electron chi connectivity index (χ1n) is 4.83. The van der Waals surface area contributed by atoms with Crippen LogP contribution in [0, 0.1) is 11.3 Å². The van der Waals surface area contributed by atoms with E-state index in [9.17, 15) is 15.0 Å². The summed E-state index contributed by atoms with van der Waals surface area (Å²) < 4.78 is 0. The lowest BCUT2D eigenvalue weighted by atomic mass is 9.95. The molecule has 90 valence electrons. The van der Waals surface area contributed by atoms with Gasteiger partial charge in [0.15, 0.2) is 0 Å². The van der Waals surface area contributed by atoms with Crippen molar-refractivity contribution in [2.75, 3.05) is 5.73 Å². The Morgan fingerprint density at radius 2 is 2.12 bits per heavy atom. The van der Waals surface area contributed by atoms with Crippen molar-refractivity contribution in [1.29, 1.82) is 5.26 Å². The van der Waals surface area contributed by atoms with E-state index in [0.29, 0.717) is 0 Å². The summed E-state index contributed by atoms with van der Waals surface area (Å²) in [6.07, 6.45) is -3.18. The number of nitrogens with zero attached hydrogens (tertiary/aromatic N) is 1. The molecule has 5 N–H and O–H groups in total. The van der Waals surface area contributed by atoms with E-state index in [-0.39, 0.29) is 23.2 Å². The number of carboxylic acids is 1. The molecule has 6 nitrogen and oxygen atoms in total. The standard InChI is InChI=1S/C11H12N2O4/c12-5-4-8(14)10(15)9-6(11(16)17)2-1-3-7(9)13/h1-3,8,10,14-15H,4,13H2,(H,16,17). The molecular formula is C11H12N2O4. The summed E-state index contributed by atoms with van der Waals surface area (Å²) in [5.74, 6) is -1.25. The van der Waals surface area contributed by atoms with Crippen molar-refractivity contribution in [3.63, 3.8) is 0 Å². The maximum atomic E-state index is 10.9. The zero-order chi connectivity index (χ0) is 13.0. The van der Waals surface area contributed by atoms with Gasteiger partial charge in [-0.25, -0.2) is 4.79 Å². The number of aliphatic hydroxyl groups is 2. The number of aliphatic hydroxyl groups excluding tert-OH is 2. The van der Waals surface area contributed by atoms with Crippen LogP contribution in [0.2, 0.25) is 0 Å². The van der Waals surface area contributed by atoms with Gasteiger partial charge in [0.25, 0.3) is 0 Å². The number of hydrogen-bond acceptors (Lipinski definition) is 5. The van der Waals surface area contributed by atoms with E-state index in [0.717, 1.165) is 0 Å². The number of anilines is 1. The minimum Gasteiger partial charge on any atom is -0.478 e. The fourth-order valence-electron chi connectivity index (χ4n) is 1.50. The summed E-state index contributed by atoms with van der Waals surface area (Å²) in [5.41, 5.74) is 5.39. The van der Waals surface area contributed by atoms with E-state index in [4.69, 9.17) is 16.1 Å². The third kappa shape index (κ3) is 2.72. The topological polar surface area (TPSA) is 128 Å². The zero-order valence-corrected chi connectivity index (χ0v) is 8.87. The van der Waals surface area contributed by atoms with Gasteiger partial charge in [0.1, 0.15) is 6.10 Å². The number of nitrogens with two attached hydrogens (primary N) is 1. The van der Waals surface area contributed by atoms with Crippen LogP contribution in [0.3, 0.4) is 0 Å². The highest BCUT2D eigenvalue weighted by molar-refractivity contribution is 5.91. The van der Waals surface area contributed by atoms with Crippen molar-refractivity contribution in [1.82, 2.24) is 0 Å². The van der Waals surface area contributed by atoms with E-state index in [1.165, 1.54) is 18.2 Å². The molecule has 6 heteroatoms. The monoisotopic (exact) mass is 236 g/mol. The molecule has 2 atom stereocenters. The lowest BCUT2D eigenvalue weighted by Gasteiger charge is -2.19. The van der Waals surface area contributed by atoms with Crippen LogP contribution in [0.1, 0.15) is 28.4 Å². The summed E-state index contributed by atoms with van der Waals surface area (Å²) >= 11 is 0. The molecular weight excluding hydrogens is 224 g/mol. The molecule has 0 bridgehead atoms. The van der Waals surface area contributed by atoms with E-state index >= 15 is 0 Å². The molecule has 1 aromatic carbocycles. The summed E-state index contributed by atoms with van der Waals surface area (Å²) in [6.45, 7) is 0. The Bertz CT molecular complexity index is 467. The largest absolute Gasteiger partial charge is 0.478 e. The first-order chi connectivity index (χ1) is 7.99. The second-order valence-electron chi connectivity index (χ2n) is 3.49. The number of nitriles is 1. The quantitative estimate of drug-likeness (QED) is 0.556. The zero-order valence-electron chi connectivity index (χ0n) is 8.87. The molecule has 0 saturated heterocycles. The van der Waals surface area contributed by atoms with Crippen LogP contribution in [0.4, 0.5) is 5.69 Å². The number of benzene rings is 1. The average molecular weight is 236 g/mol. The SMILES string of the molecule is N#CCC(O)C(O)c1c(N)cccc1C(=O)O. The van der Waals surface area contributed by atoms with Gasteiger partial charge in [-0.05, 0) is 12.1 Å². The average Bonchev–Trinajstić information content (AvgIpc) is 2.28. The Balaban J connectivity index is 3.20. The van der Waals surface area contributed by atoms with E-state index in [1.807, 2.05) is 0 Å². The highest BCUT2D eigenvalue weighted by atomic mass is 16.4. The third-order valence-corrected chi connectivity index (χ3v) is 2.33. The van der Waals surface area contributed by atoms with Crippen LogP contribution >= 0.6 is 0 Å². The van der Waals surface area contributed by atoms with Crippen LogP contribution in [0.5, 0.6) is 0 Å². The molecule has 2 unspecified atom stereocenters. The third-order valence-electron chi connectivity index (χ3n) is 2.33. The lowest BCUT2D eigenvalue weighted by Crippen LogP contribution is -2.21. The van der Waals surface area contributed by atoms with Gasteiger partial charge in [-0.15, -0.1) is 0 Å². The lowest BCUT2D eigenvalue weighted by molar-refractivity contribution is 0.0210. The smallest absolute Gasteiger partial charge is 0.336 e. The van der Waals surface area contributed by atoms with Crippen LogP contribution in [-0.4, -0.2) is 27.4 Å². The number of carboxylic acid groups (broad SMARTS) is 1. The van der Waals surface area contributed by atoms with Gasteiger partial charge in [0.05, 0.1) is 24.2 Å². The van der Waals surface area contributed by atoms with E-state index < -0.39 is 18.2 Å². The van der Waals surface area contributed by atoms with E-state index in [1.54, 1.807) is 6.07 Å². The van der Waals surface area contributed by atoms with Crippen LogP contribution in [0.25, 0.3) is 0 Å². The molecule has 1 aromatic rings. The fraction of sp³-hybridized carbons (Fsp3) is 0.273. The molecule has 0 spiro atoms. The predicted octanol–water partition coefficient (Wildman–Crippen LogP) is 0.275. The second-order valence-corrected chi connectivity index (χ2v) is 3.49. The maximum absolute atomic E-state index is 10.9. The molecule has 17 heavy (non-hydrogen) atoms. The Labute approximate surface area is 97.5 Å². The molecule has 1 rings (SSSR count). The van der Waals surface area contributed by atoms with Crippen LogP contribution < -0.4 is 5.73 Å². The molecule has 0 aliphatic rings. The van der Waals surface area contributed by atoms with Gasteiger partial charge < -0.3 is 21.1 Å². The Morgan fingerprint density at radius 1 is 1.47 bits per heavy atom. The normalized spacial score (nSPS) is 13.7. The number of hydrogen-bond donors (Lipinski definition) is 4. The first kappa shape index (κ1) is 13.0. The summed E-state index contributed by atoms with van der Waals surface area (Å²) in [7, 11) is 0. The number of aromatic carboxylic acids is 1. The minimum atomic E-state index is -1.50. The number of rotatable bonds is 4. The molecule has 0 aromatic heterocycles. The molecule has 0 heterocycles. The number of nitrogen functional groups attached to an aromatic ring is 1. The molecule has 0 saturated carbocycles. The predicted molar refractivity (Wildman–Crippen MR) is 59.0 cm³/mol. The number of carbonyl (C=O) groups is 1. The fourth-order valence-corrected chi connectivity index (χ4v) is 1.50. The second kappa shape index (κ2) is 5.30. The summed E-state index contributed by atoms with van der Waals surface area (Å²) in [6, 6.07) is 5.82. The molecule has 0 amide bonds. The van der Waals surface area contributed by atoms with Gasteiger partial charge in [0, 0.05) is 11.3 Å². The Hall–Kier alpha value is -2.10. The van der Waals surface area contributed by atoms with Crippen molar-refractivity contribution in [3.05, 3.63) is 29.3 Å². The van der Waals surface area contributed by atoms with Crippen molar-refractivity contribution in [3.8, 4) is 6.07 Å². The molecule has 0 fully saturated rings. The maximum Gasteiger partial charge on any atom is 0.336 e. The van der Waals surface area contributed by atoms with Gasteiger partial charge in [0.2, 0.25) is 0 Å². The van der Waals surface area contributed by atoms with E-state index in [2.05, 4.69) is 0 Å². The van der Waals surface area contributed by atoms with Crippen molar-refractivity contribution in [2.24, 2.45) is 0 Å². The van der Waals surface area contributed by atoms with Crippen molar-refractivity contribution < 1.29 is 20.1 Å². The summed E-state index contributed by atoms with van der Waals surface area (Å²) in [4.78, 5) is 10.9. The van der Waals surface area contributed by atoms with Crippen LogP contribution in [-0.2, 0) is 0 Å². The summed E-state index contributed by atoms with van der Waals surface area (Å²) in [5, 5.41) is 36.6. The van der Waals surface area contributed by atoms with Gasteiger partial charge in [-0.2, -0.15) is 5.26 Å². The molecule has 0 radical (unpaired) electrons. The molecule has 0 aliphatic heterocycles. The van der Waals surface area contributed by atoms with Gasteiger partial charge in [-0.1, -0.05) is 6.07 Å². The Kier molecular flexibility index (Phi) is 4.04. The Morgan fingerprint density at radius 3 is 2.65 bits per heavy atom. The van der Waals surface area contributed by atoms with Gasteiger partial charge >= 0.3 is 5.97 Å². The highest BCUT2D eigenvalue weighted by Crippen LogP contribution is 2.28.